The van der Waals surface area contributed by atoms with E-state index in [1.807, 2.05) is 18.2 Å². The molecular formula is C16H18ClN. The van der Waals surface area contributed by atoms with Gasteiger partial charge in [-0.2, -0.15) is 0 Å². The minimum atomic E-state index is 0.811. The lowest BCUT2D eigenvalue weighted by atomic mass is 10.1. The number of benzene rings is 2. The zero-order chi connectivity index (χ0) is 12.8. The largest absolute Gasteiger partial charge is 0.312 e. The molecule has 0 saturated carbocycles. The molecule has 0 aromatic heterocycles. The van der Waals surface area contributed by atoms with E-state index in [-0.39, 0.29) is 0 Å². The monoisotopic (exact) mass is 259 g/mol. The molecule has 0 saturated heterocycles. The molecule has 0 heterocycles. The highest BCUT2D eigenvalue weighted by atomic mass is 35.5. The summed E-state index contributed by atoms with van der Waals surface area (Å²) in [5, 5.41) is 4.27. The second kappa shape index (κ2) is 6.58. The Kier molecular flexibility index (Phi) is 4.80. The molecule has 0 bridgehead atoms. The van der Waals surface area contributed by atoms with Crippen molar-refractivity contribution in [2.45, 2.75) is 19.9 Å². The summed E-state index contributed by atoms with van der Waals surface area (Å²) in [6.07, 6.45) is 1.01. The minimum Gasteiger partial charge on any atom is -0.312 e. The van der Waals surface area contributed by atoms with Crippen molar-refractivity contribution in [2.24, 2.45) is 0 Å². The van der Waals surface area contributed by atoms with Gasteiger partial charge in [0.15, 0.2) is 0 Å². The highest BCUT2D eigenvalue weighted by Gasteiger charge is 1.96. The SMILES string of the molecule is Cc1cccc(CNCCc2cccc(Cl)c2)c1. The number of halogens is 1. The lowest BCUT2D eigenvalue weighted by Crippen LogP contribution is -2.16. The van der Waals surface area contributed by atoms with Crippen LogP contribution in [0.1, 0.15) is 16.7 Å². The third kappa shape index (κ3) is 4.17. The van der Waals surface area contributed by atoms with Gasteiger partial charge < -0.3 is 5.32 Å². The molecule has 0 aliphatic rings. The van der Waals surface area contributed by atoms with Crippen LogP contribution in [0.4, 0.5) is 0 Å². The predicted molar refractivity (Wildman–Crippen MR) is 78.0 cm³/mol. The van der Waals surface area contributed by atoms with E-state index in [1.54, 1.807) is 0 Å². The van der Waals surface area contributed by atoms with Gasteiger partial charge in [-0.15, -0.1) is 0 Å². The number of hydrogen-bond acceptors (Lipinski definition) is 1. The molecule has 0 amide bonds. The Morgan fingerprint density at radius 1 is 1.00 bits per heavy atom. The quantitative estimate of drug-likeness (QED) is 0.801. The first-order valence-corrected chi connectivity index (χ1v) is 6.62. The highest BCUT2D eigenvalue weighted by Crippen LogP contribution is 2.10. The number of nitrogens with one attached hydrogen (secondary N) is 1. The summed E-state index contributed by atoms with van der Waals surface area (Å²) >= 11 is 5.95. The maximum absolute atomic E-state index is 5.95. The van der Waals surface area contributed by atoms with E-state index in [0.717, 1.165) is 24.5 Å². The molecule has 94 valence electrons. The van der Waals surface area contributed by atoms with Crippen molar-refractivity contribution in [2.75, 3.05) is 6.54 Å². The first kappa shape index (κ1) is 13.1. The van der Waals surface area contributed by atoms with Crippen LogP contribution in [-0.4, -0.2) is 6.54 Å². The molecule has 2 aromatic carbocycles. The summed E-state index contributed by atoms with van der Waals surface area (Å²) in [6, 6.07) is 16.6. The van der Waals surface area contributed by atoms with E-state index in [1.165, 1.54) is 16.7 Å². The van der Waals surface area contributed by atoms with Crippen LogP contribution in [0.15, 0.2) is 48.5 Å². The van der Waals surface area contributed by atoms with Crippen LogP contribution in [0.3, 0.4) is 0 Å². The average Bonchev–Trinajstić information content (AvgIpc) is 2.35. The Labute approximate surface area is 114 Å². The molecule has 0 spiro atoms. The fraction of sp³-hybridized carbons (Fsp3) is 0.250. The van der Waals surface area contributed by atoms with Crippen molar-refractivity contribution in [1.82, 2.24) is 5.32 Å². The zero-order valence-electron chi connectivity index (χ0n) is 10.6. The van der Waals surface area contributed by atoms with Crippen LogP contribution in [0.5, 0.6) is 0 Å². The summed E-state index contributed by atoms with van der Waals surface area (Å²) in [5.74, 6) is 0. The van der Waals surface area contributed by atoms with Gasteiger partial charge in [0.05, 0.1) is 0 Å². The highest BCUT2D eigenvalue weighted by molar-refractivity contribution is 6.30. The molecule has 0 aliphatic carbocycles. The standard InChI is InChI=1S/C16H18ClN/c1-13-4-2-6-15(10-13)12-18-9-8-14-5-3-7-16(17)11-14/h2-7,10-11,18H,8-9,12H2,1H3. The molecule has 18 heavy (non-hydrogen) atoms. The molecule has 0 unspecified atom stereocenters. The Morgan fingerprint density at radius 3 is 2.56 bits per heavy atom. The number of rotatable bonds is 5. The number of hydrogen-bond donors (Lipinski definition) is 1. The second-order valence-corrected chi connectivity index (χ2v) is 4.98. The maximum Gasteiger partial charge on any atom is 0.0408 e. The van der Waals surface area contributed by atoms with Gasteiger partial charge in [-0.3, -0.25) is 0 Å². The molecule has 2 rings (SSSR count). The second-order valence-electron chi connectivity index (χ2n) is 4.55. The summed E-state index contributed by atoms with van der Waals surface area (Å²) in [6.45, 7) is 4.01. The summed E-state index contributed by atoms with van der Waals surface area (Å²) in [4.78, 5) is 0. The predicted octanol–water partition coefficient (Wildman–Crippen LogP) is 3.98. The molecule has 2 aromatic rings. The van der Waals surface area contributed by atoms with Crippen molar-refractivity contribution in [3.8, 4) is 0 Å². The molecule has 0 fully saturated rings. The molecule has 1 nitrogen and oxygen atoms in total. The average molecular weight is 260 g/mol. The lowest BCUT2D eigenvalue weighted by molar-refractivity contribution is 0.686. The summed E-state index contributed by atoms with van der Waals surface area (Å²) in [7, 11) is 0. The van der Waals surface area contributed by atoms with Gasteiger partial charge in [-0.25, -0.2) is 0 Å². The number of aryl methyl sites for hydroxylation is 1. The third-order valence-electron chi connectivity index (χ3n) is 2.89. The van der Waals surface area contributed by atoms with Crippen LogP contribution >= 0.6 is 11.6 Å². The Morgan fingerprint density at radius 2 is 1.78 bits per heavy atom. The lowest BCUT2D eigenvalue weighted by Gasteiger charge is -2.06. The van der Waals surface area contributed by atoms with E-state index >= 15 is 0 Å². The van der Waals surface area contributed by atoms with Crippen LogP contribution < -0.4 is 5.32 Å². The normalized spacial score (nSPS) is 10.6. The van der Waals surface area contributed by atoms with Gasteiger partial charge in [-0.05, 0) is 43.1 Å². The molecule has 0 radical (unpaired) electrons. The minimum absolute atomic E-state index is 0.811. The van der Waals surface area contributed by atoms with Gasteiger partial charge in [0.1, 0.15) is 0 Å². The Bertz CT molecular complexity index is 460. The van der Waals surface area contributed by atoms with Crippen molar-refractivity contribution >= 4 is 11.6 Å². The van der Waals surface area contributed by atoms with Gasteiger partial charge in [0.2, 0.25) is 0 Å². The van der Waals surface area contributed by atoms with Crippen LogP contribution in [0.25, 0.3) is 0 Å². The molecule has 0 aliphatic heterocycles. The van der Waals surface area contributed by atoms with E-state index in [0.29, 0.717) is 0 Å². The topological polar surface area (TPSA) is 12.0 Å². The zero-order valence-corrected chi connectivity index (χ0v) is 11.4. The first-order chi connectivity index (χ1) is 8.74. The molecule has 1 N–H and O–H groups in total. The van der Waals surface area contributed by atoms with E-state index in [2.05, 4.69) is 42.6 Å². The summed E-state index contributed by atoms with van der Waals surface area (Å²) in [5.41, 5.74) is 3.92. The molecule has 0 atom stereocenters. The Hall–Kier alpha value is -1.31. The Balaban J connectivity index is 1.76. The van der Waals surface area contributed by atoms with Crippen molar-refractivity contribution < 1.29 is 0 Å². The van der Waals surface area contributed by atoms with Gasteiger partial charge in [-0.1, -0.05) is 53.6 Å². The van der Waals surface area contributed by atoms with Crippen molar-refractivity contribution in [1.29, 1.82) is 0 Å². The van der Waals surface area contributed by atoms with Gasteiger partial charge >= 0.3 is 0 Å². The van der Waals surface area contributed by atoms with Crippen LogP contribution in [-0.2, 0) is 13.0 Å². The molecule has 2 heteroatoms. The maximum atomic E-state index is 5.95. The van der Waals surface area contributed by atoms with E-state index in [9.17, 15) is 0 Å². The van der Waals surface area contributed by atoms with Gasteiger partial charge in [0.25, 0.3) is 0 Å². The fourth-order valence-electron chi connectivity index (χ4n) is 1.98. The van der Waals surface area contributed by atoms with Gasteiger partial charge in [0, 0.05) is 11.6 Å². The third-order valence-corrected chi connectivity index (χ3v) is 3.13. The summed E-state index contributed by atoms with van der Waals surface area (Å²) < 4.78 is 0. The van der Waals surface area contributed by atoms with Crippen LogP contribution in [0, 0.1) is 6.92 Å². The van der Waals surface area contributed by atoms with Crippen LogP contribution in [0.2, 0.25) is 5.02 Å². The van der Waals surface area contributed by atoms with E-state index < -0.39 is 0 Å². The molecular weight excluding hydrogens is 242 g/mol. The smallest absolute Gasteiger partial charge is 0.0408 e. The van der Waals surface area contributed by atoms with E-state index in [4.69, 9.17) is 11.6 Å². The van der Waals surface area contributed by atoms with Crippen molar-refractivity contribution in [3.63, 3.8) is 0 Å². The fourth-order valence-corrected chi connectivity index (χ4v) is 2.19. The first-order valence-electron chi connectivity index (χ1n) is 6.25. The van der Waals surface area contributed by atoms with Crippen molar-refractivity contribution in [3.05, 3.63) is 70.2 Å².